The number of aromatic nitrogens is 4. The molecule has 1 unspecified atom stereocenters. The molecule has 136 valence electrons. The Morgan fingerprint density at radius 3 is 2.81 bits per heavy atom. The van der Waals surface area contributed by atoms with Gasteiger partial charge in [0.15, 0.2) is 11.5 Å². The Balaban J connectivity index is 1.46. The third-order valence-corrected chi connectivity index (χ3v) is 5.81. The van der Waals surface area contributed by atoms with Crippen LogP contribution in [0.2, 0.25) is 0 Å². The van der Waals surface area contributed by atoms with Crippen LogP contribution in [0, 0.1) is 5.92 Å². The third-order valence-electron chi connectivity index (χ3n) is 4.40. The van der Waals surface area contributed by atoms with Gasteiger partial charge in [-0.05, 0) is 49.9 Å². The highest BCUT2D eigenvalue weighted by atomic mass is 32.2. The van der Waals surface area contributed by atoms with Gasteiger partial charge >= 0.3 is 0 Å². The van der Waals surface area contributed by atoms with E-state index in [4.69, 9.17) is 0 Å². The highest BCUT2D eigenvalue weighted by Gasteiger charge is 2.24. The molecule has 4 rings (SSSR count). The van der Waals surface area contributed by atoms with Crippen LogP contribution < -0.4 is 10.0 Å². The van der Waals surface area contributed by atoms with Crippen molar-refractivity contribution in [1.29, 1.82) is 0 Å². The number of rotatable bonds is 7. The van der Waals surface area contributed by atoms with Gasteiger partial charge in [-0.15, -0.1) is 10.2 Å². The number of hydrogen-bond donors (Lipinski definition) is 2. The van der Waals surface area contributed by atoms with Crippen molar-refractivity contribution in [3.63, 3.8) is 0 Å². The summed E-state index contributed by atoms with van der Waals surface area (Å²) in [6.07, 6.45) is 5.46. The summed E-state index contributed by atoms with van der Waals surface area (Å²) in [6, 6.07) is 8.78. The molecular weight excluding hydrogens is 352 g/mol. The Morgan fingerprint density at radius 2 is 2.08 bits per heavy atom. The zero-order valence-electron chi connectivity index (χ0n) is 14.3. The van der Waals surface area contributed by atoms with Crippen molar-refractivity contribution in [2.45, 2.75) is 30.7 Å². The lowest BCUT2D eigenvalue weighted by molar-refractivity contribution is 0.577. The van der Waals surface area contributed by atoms with E-state index in [2.05, 4.69) is 25.2 Å². The molecule has 1 aliphatic carbocycles. The van der Waals surface area contributed by atoms with Gasteiger partial charge < -0.3 is 5.32 Å². The van der Waals surface area contributed by atoms with Gasteiger partial charge in [-0.25, -0.2) is 18.1 Å². The monoisotopic (exact) mass is 372 g/mol. The van der Waals surface area contributed by atoms with Crippen molar-refractivity contribution >= 4 is 21.5 Å². The molecule has 0 aliphatic heterocycles. The van der Waals surface area contributed by atoms with E-state index in [-0.39, 0.29) is 10.9 Å². The van der Waals surface area contributed by atoms with Crippen LogP contribution in [0.5, 0.6) is 0 Å². The van der Waals surface area contributed by atoms with E-state index in [9.17, 15) is 8.42 Å². The molecule has 0 amide bonds. The quantitative estimate of drug-likeness (QED) is 0.658. The number of nitrogens with one attached hydrogen (secondary N) is 2. The zero-order chi connectivity index (χ0) is 18.1. The van der Waals surface area contributed by atoms with Crippen LogP contribution in [-0.2, 0) is 10.0 Å². The first-order valence-electron chi connectivity index (χ1n) is 8.55. The lowest BCUT2D eigenvalue weighted by Crippen LogP contribution is -2.26. The molecule has 0 saturated heterocycles. The van der Waals surface area contributed by atoms with E-state index in [0.29, 0.717) is 18.3 Å². The minimum Gasteiger partial charge on any atom is -0.360 e. The second-order valence-electron chi connectivity index (χ2n) is 6.53. The summed E-state index contributed by atoms with van der Waals surface area (Å²) in [5.41, 5.74) is 0.771. The summed E-state index contributed by atoms with van der Waals surface area (Å²) in [5.74, 6) is 1.81. The molecule has 3 heterocycles. The Morgan fingerprint density at radius 1 is 1.23 bits per heavy atom. The highest BCUT2D eigenvalue weighted by Crippen LogP contribution is 2.28. The van der Waals surface area contributed by atoms with Gasteiger partial charge in [-0.3, -0.25) is 4.40 Å². The Bertz CT molecular complexity index is 1010. The van der Waals surface area contributed by atoms with E-state index >= 15 is 0 Å². The molecule has 1 atom stereocenters. The average molecular weight is 372 g/mol. The summed E-state index contributed by atoms with van der Waals surface area (Å²) >= 11 is 0. The third kappa shape index (κ3) is 3.54. The molecule has 3 aromatic rings. The fourth-order valence-electron chi connectivity index (χ4n) is 2.70. The van der Waals surface area contributed by atoms with Crippen molar-refractivity contribution in [3.8, 4) is 0 Å². The Kier molecular flexibility index (Phi) is 4.33. The molecule has 0 spiro atoms. The standard InChI is InChI=1S/C17H20N6O2S/c1-12(17-22-21-16-4-2-3-9-23(16)17)20-15-8-7-14(11-18-15)26(24,25)19-10-13-5-6-13/h2-4,7-9,11-13,19H,5-6,10H2,1H3,(H,18,20). The van der Waals surface area contributed by atoms with Crippen LogP contribution in [0.25, 0.3) is 5.65 Å². The predicted octanol–water partition coefficient (Wildman–Crippen LogP) is 1.99. The Hall–Kier alpha value is -2.52. The van der Waals surface area contributed by atoms with E-state index < -0.39 is 10.0 Å². The van der Waals surface area contributed by atoms with Crippen molar-refractivity contribution in [2.75, 3.05) is 11.9 Å². The average Bonchev–Trinajstić information content (AvgIpc) is 3.37. The molecule has 26 heavy (non-hydrogen) atoms. The molecule has 0 aromatic carbocycles. The molecule has 3 aromatic heterocycles. The minimum atomic E-state index is -3.50. The van der Waals surface area contributed by atoms with E-state index in [1.807, 2.05) is 35.7 Å². The van der Waals surface area contributed by atoms with Crippen LogP contribution in [-0.4, -0.2) is 34.5 Å². The normalized spacial score (nSPS) is 15.9. The number of pyridine rings is 2. The van der Waals surface area contributed by atoms with Gasteiger partial charge in [-0.2, -0.15) is 0 Å². The highest BCUT2D eigenvalue weighted by molar-refractivity contribution is 7.89. The maximum absolute atomic E-state index is 12.2. The summed E-state index contributed by atoms with van der Waals surface area (Å²) in [7, 11) is -3.50. The van der Waals surface area contributed by atoms with Crippen LogP contribution in [0.1, 0.15) is 31.6 Å². The van der Waals surface area contributed by atoms with Gasteiger partial charge in [0, 0.05) is 18.9 Å². The maximum Gasteiger partial charge on any atom is 0.242 e. The smallest absolute Gasteiger partial charge is 0.242 e. The molecule has 1 aliphatic rings. The minimum absolute atomic E-state index is 0.143. The largest absolute Gasteiger partial charge is 0.360 e. The zero-order valence-corrected chi connectivity index (χ0v) is 15.1. The van der Waals surface area contributed by atoms with Gasteiger partial charge in [0.1, 0.15) is 10.7 Å². The van der Waals surface area contributed by atoms with Crippen LogP contribution in [0.15, 0.2) is 47.6 Å². The lowest BCUT2D eigenvalue weighted by Gasteiger charge is -2.13. The van der Waals surface area contributed by atoms with Crippen molar-refractivity contribution in [2.24, 2.45) is 5.92 Å². The number of fused-ring (bicyclic) bond motifs is 1. The Labute approximate surface area is 151 Å². The van der Waals surface area contributed by atoms with Crippen LogP contribution in [0.4, 0.5) is 5.82 Å². The van der Waals surface area contributed by atoms with Crippen LogP contribution >= 0.6 is 0 Å². The van der Waals surface area contributed by atoms with Gasteiger partial charge in [0.05, 0.1) is 6.04 Å². The van der Waals surface area contributed by atoms with Gasteiger partial charge in [-0.1, -0.05) is 6.07 Å². The number of hydrogen-bond acceptors (Lipinski definition) is 6. The van der Waals surface area contributed by atoms with Crippen molar-refractivity contribution < 1.29 is 8.42 Å². The topological polar surface area (TPSA) is 101 Å². The molecule has 8 nitrogen and oxygen atoms in total. The first kappa shape index (κ1) is 16.9. The second-order valence-corrected chi connectivity index (χ2v) is 8.29. The van der Waals surface area contributed by atoms with Crippen LogP contribution in [0.3, 0.4) is 0 Å². The molecule has 0 bridgehead atoms. The summed E-state index contributed by atoms with van der Waals surface area (Å²) < 4.78 is 29.0. The summed E-state index contributed by atoms with van der Waals surface area (Å²) in [4.78, 5) is 4.40. The fraction of sp³-hybridized carbons (Fsp3) is 0.353. The second kappa shape index (κ2) is 6.65. The van der Waals surface area contributed by atoms with Gasteiger partial charge in [0.25, 0.3) is 0 Å². The molecule has 0 radical (unpaired) electrons. The summed E-state index contributed by atoms with van der Waals surface area (Å²) in [6.45, 7) is 2.45. The molecule has 2 N–H and O–H groups in total. The van der Waals surface area contributed by atoms with E-state index in [1.165, 1.54) is 6.20 Å². The molecular formula is C17H20N6O2S. The fourth-order valence-corrected chi connectivity index (χ4v) is 3.76. The number of anilines is 1. The maximum atomic E-state index is 12.2. The van der Waals surface area contributed by atoms with Gasteiger partial charge in [0.2, 0.25) is 10.0 Å². The molecule has 9 heteroatoms. The van der Waals surface area contributed by atoms with Crippen molar-refractivity contribution in [1.82, 2.24) is 24.3 Å². The SMILES string of the molecule is CC(Nc1ccc(S(=O)(=O)NCC2CC2)cn1)c1nnc2ccccn12. The molecule has 1 saturated carbocycles. The number of sulfonamides is 1. The number of nitrogens with zero attached hydrogens (tertiary/aromatic N) is 4. The summed E-state index contributed by atoms with van der Waals surface area (Å²) in [5, 5.41) is 11.6. The predicted molar refractivity (Wildman–Crippen MR) is 97.2 cm³/mol. The first-order chi connectivity index (χ1) is 12.5. The lowest BCUT2D eigenvalue weighted by atomic mass is 10.3. The van der Waals surface area contributed by atoms with E-state index in [1.54, 1.807) is 12.1 Å². The van der Waals surface area contributed by atoms with E-state index in [0.717, 1.165) is 24.3 Å². The molecule has 1 fully saturated rings. The first-order valence-corrected chi connectivity index (χ1v) is 10.0. The van der Waals surface area contributed by atoms with Crippen molar-refractivity contribution in [3.05, 3.63) is 48.5 Å².